The van der Waals surface area contributed by atoms with Gasteiger partial charge in [-0.25, -0.2) is 14.6 Å². The number of piperidine rings is 1. The molecule has 3 heterocycles. The van der Waals surface area contributed by atoms with E-state index in [9.17, 15) is 9.59 Å². The zero-order chi connectivity index (χ0) is 26.2. The van der Waals surface area contributed by atoms with Gasteiger partial charge in [0.05, 0.1) is 31.5 Å². The van der Waals surface area contributed by atoms with E-state index in [4.69, 9.17) is 19.2 Å². The minimum atomic E-state index is -0.590. The van der Waals surface area contributed by atoms with Crippen molar-refractivity contribution in [1.29, 1.82) is 0 Å². The largest absolute Gasteiger partial charge is 0.496 e. The smallest absolute Gasteiger partial charge is 0.419 e. The summed E-state index contributed by atoms with van der Waals surface area (Å²) in [5, 5.41) is 1.90. The van der Waals surface area contributed by atoms with Gasteiger partial charge in [0.15, 0.2) is 0 Å². The number of ether oxygens (including phenoxy) is 3. The Morgan fingerprint density at radius 3 is 2.61 bits per heavy atom. The molecule has 0 aliphatic carbocycles. The topological polar surface area (TPSA) is 82.9 Å². The van der Waals surface area contributed by atoms with Gasteiger partial charge in [-0.2, -0.15) is 0 Å². The minimum Gasteiger partial charge on any atom is -0.496 e. The fraction of sp³-hybridized carbons (Fsp3) is 0.519. The zero-order valence-electron chi connectivity index (χ0n) is 22.1. The maximum Gasteiger partial charge on any atom is 0.419 e. The van der Waals surface area contributed by atoms with Gasteiger partial charge in [-0.15, -0.1) is 11.3 Å². The number of aromatic nitrogens is 2. The Kier molecular flexibility index (Phi) is 7.43. The minimum absolute atomic E-state index is 0.0925. The van der Waals surface area contributed by atoms with Gasteiger partial charge in [-0.05, 0) is 71.7 Å². The van der Waals surface area contributed by atoms with Crippen LogP contribution in [0.1, 0.15) is 77.6 Å². The summed E-state index contributed by atoms with van der Waals surface area (Å²) < 4.78 is 18.0. The van der Waals surface area contributed by atoms with E-state index in [1.54, 1.807) is 17.9 Å². The van der Waals surface area contributed by atoms with Crippen LogP contribution in [0.15, 0.2) is 18.3 Å². The highest BCUT2D eigenvalue weighted by Gasteiger charge is 2.30. The van der Waals surface area contributed by atoms with Crippen LogP contribution in [0.3, 0.4) is 0 Å². The van der Waals surface area contributed by atoms with Gasteiger partial charge in [0.2, 0.25) is 0 Å². The van der Waals surface area contributed by atoms with Gasteiger partial charge < -0.3 is 14.2 Å². The molecule has 2 aromatic heterocycles. The highest BCUT2D eigenvalue weighted by molar-refractivity contribution is 7.13. The maximum absolute atomic E-state index is 12.9. The Balaban J connectivity index is 1.73. The van der Waals surface area contributed by atoms with E-state index in [0.29, 0.717) is 17.1 Å². The molecular weight excluding hydrogens is 478 g/mol. The van der Waals surface area contributed by atoms with Crippen molar-refractivity contribution >= 4 is 34.3 Å². The Bertz CT molecular complexity index is 1290. The quantitative estimate of drug-likeness (QED) is 0.386. The number of aryl methyl sites for hydroxylation is 2. The first-order chi connectivity index (χ1) is 17.0. The van der Waals surface area contributed by atoms with Crippen molar-refractivity contribution in [3.63, 3.8) is 0 Å². The van der Waals surface area contributed by atoms with Gasteiger partial charge in [0.1, 0.15) is 21.2 Å². The normalized spacial score (nSPS) is 16.8. The average Bonchev–Trinajstić information content (AvgIpc) is 3.44. The maximum atomic E-state index is 12.9. The number of likely N-dealkylation sites (tertiary alicyclic amines) is 1. The number of carbonyl (C=O) groups excluding carboxylic acids is 2. The molecule has 1 aliphatic heterocycles. The van der Waals surface area contributed by atoms with Gasteiger partial charge >= 0.3 is 12.1 Å². The van der Waals surface area contributed by atoms with Crippen molar-refractivity contribution in [2.75, 3.05) is 20.8 Å². The third-order valence-electron chi connectivity index (χ3n) is 6.48. The fourth-order valence-corrected chi connectivity index (χ4v) is 6.03. The van der Waals surface area contributed by atoms with Crippen molar-refractivity contribution in [2.24, 2.45) is 0 Å². The monoisotopic (exact) mass is 513 g/mol. The van der Waals surface area contributed by atoms with E-state index >= 15 is 0 Å². The summed E-state index contributed by atoms with van der Waals surface area (Å²) in [5.41, 5.74) is 2.90. The number of hydrogen-bond acceptors (Lipinski definition) is 8. The number of rotatable bonds is 5. The third-order valence-corrected chi connectivity index (χ3v) is 7.72. The van der Waals surface area contributed by atoms with E-state index < -0.39 is 11.7 Å². The number of esters is 1. The Hall–Kier alpha value is -2.91. The van der Waals surface area contributed by atoms with Crippen LogP contribution < -0.4 is 4.74 Å². The highest BCUT2D eigenvalue weighted by Crippen LogP contribution is 2.39. The van der Waals surface area contributed by atoms with Crippen LogP contribution in [-0.2, 0) is 16.0 Å². The lowest BCUT2D eigenvalue weighted by Gasteiger charge is -2.35. The average molecular weight is 514 g/mol. The molecule has 1 saturated heterocycles. The molecule has 0 bridgehead atoms. The van der Waals surface area contributed by atoms with Crippen molar-refractivity contribution in [3.05, 3.63) is 45.0 Å². The first-order valence-electron chi connectivity index (χ1n) is 12.2. The lowest BCUT2D eigenvalue weighted by molar-refractivity contribution is 0.0542. The molecule has 1 aromatic carbocycles. The van der Waals surface area contributed by atoms with E-state index in [1.165, 1.54) is 18.4 Å². The van der Waals surface area contributed by atoms with Crippen LogP contribution in [0.4, 0.5) is 4.79 Å². The fourth-order valence-electron chi connectivity index (χ4n) is 4.88. The number of thiazole rings is 1. The number of carbonyl (C=O) groups is 2. The molecule has 0 N–H and O–H groups in total. The number of methoxy groups -OCH3 is 2. The van der Waals surface area contributed by atoms with Crippen molar-refractivity contribution in [2.45, 2.75) is 72.1 Å². The van der Waals surface area contributed by atoms with Gasteiger partial charge in [-0.3, -0.25) is 9.47 Å². The van der Waals surface area contributed by atoms with Crippen LogP contribution in [0.25, 0.3) is 10.9 Å². The molecular formula is C27H35N3O5S. The predicted molar refractivity (Wildman–Crippen MR) is 140 cm³/mol. The SMILES string of the molecule is COC(=O)c1sc(C2CCCCN2Cc2c(OC)cc(C)c3c2ccn3C(=O)OC(C)(C)C)nc1C. The molecule has 194 valence electrons. The van der Waals surface area contributed by atoms with E-state index in [1.807, 2.05) is 46.8 Å². The lowest BCUT2D eigenvalue weighted by Crippen LogP contribution is -2.33. The second-order valence-corrected chi connectivity index (χ2v) is 11.3. The zero-order valence-corrected chi connectivity index (χ0v) is 23.0. The second kappa shape index (κ2) is 10.2. The summed E-state index contributed by atoms with van der Waals surface area (Å²) in [6.45, 7) is 11.0. The summed E-state index contributed by atoms with van der Waals surface area (Å²) in [5.74, 6) is 0.445. The number of fused-ring (bicyclic) bond motifs is 1. The number of hydrogen-bond donors (Lipinski definition) is 0. The molecule has 1 atom stereocenters. The van der Waals surface area contributed by atoms with Crippen molar-refractivity contribution < 1.29 is 23.8 Å². The molecule has 9 heteroatoms. The molecule has 36 heavy (non-hydrogen) atoms. The molecule has 1 unspecified atom stereocenters. The summed E-state index contributed by atoms with van der Waals surface area (Å²) in [6, 6.07) is 4.04. The predicted octanol–water partition coefficient (Wildman–Crippen LogP) is 6.02. The van der Waals surface area contributed by atoms with Crippen LogP contribution in [0, 0.1) is 13.8 Å². The van der Waals surface area contributed by atoms with Crippen molar-refractivity contribution in [1.82, 2.24) is 14.5 Å². The molecule has 1 aliphatic rings. The Morgan fingerprint density at radius 2 is 1.94 bits per heavy atom. The standard InChI is InChI=1S/C27H35N3O5S/c1-16-14-21(33-6)19(18-11-13-30(22(16)18)26(32)35-27(3,4)5)15-29-12-9-8-10-20(29)24-28-17(2)23(36-24)25(31)34-7/h11,13-14,20H,8-10,12,15H2,1-7H3. The second-order valence-electron chi connectivity index (χ2n) is 10.2. The molecule has 3 aromatic rings. The molecule has 0 radical (unpaired) electrons. The Labute approximate surface area is 216 Å². The van der Waals surface area contributed by atoms with Crippen molar-refractivity contribution in [3.8, 4) is 5.75 Å². The molecule has 8 nitrogen and oxygen atoms in total. The molecule has 0 spiro atoms. The van der Waals surface area contributed by atoms with Gasteiger partial charge in [-0.1, -0.05) is 6.42 Å². The summed E-state index contributed by atoms with van der Waals surface area (Å²) in [7, 11) is 3.07. The van der Waals surface area contributed by atoms with E-state index in [-0.39, 0.29) is 12.0 Å². The third kappa shape index (κ3) is 5.13. The molecule has 1 fully saturated rings. The van der Waals surface area contributed by atoms with E-state index in [0.717, 1.165) is 58.6 Å². The first kappa shape index (κ1) is 26.2. The molecule has 4 rings (SSSR count). The van der Waals surface area contributed by atoms with E-state index in [2.05, 4.69) is 4.90 Å². The first-order valence-corrected chi connectivity index (χ1v) is 13.1. The van der Waals surface area contributed by atoms with Gasteiger partial charge in [0.25, 0.3) is 0 Å². The molecule has 0 saturated carbocycles. The van der Waals surface area contributed by atoms with Crippen LogP contribution in [0.5, 0.6) is 5.75 Å². The molecule has 0 amide bonds. The van der Waals surface area contributed by atoms with Crippen LogP contribution in [-0.4, -0.2) is 52.9 Å². The Morgan fingerprint density at radius 1 is 1.19 bits per heavy atom. The summed E-state index contributed by atoms with van der Waals surface area (Å²) in [4.78, 5) is 32.9. The highest BCUT2D eigenvalue weighted by atomic mass is 32.1. The number of benzene rings is 1. The summed E-state index contributed by atoms with van der Waals surface area (Å²) >= 11 is 1.42. The van der Waals surface area contributed by atoms with Crippen LogP contribution >= 0.6 is 11.3 Å². The van der Waals surface area contributed by atoms with Crippen LogP contribution in [0.2, 0.25) is 0 Å². The number of nitrogens with zero attached hydrogens (tertiary/aromatic N) is 3. The summed E-state index contributed by atoms with van der Waals surface area (Å²) in [6.07, 6.45) is 4.52. The van der Waals surface area contributed by atoms with Gasteiger partial charge in [0, 0.05) is 23.7 Å². The lowest BCUT2D eigenvalue weighted by atomic mass is 9.99.